The third-order valence-electron chi connectivity index (χ3n) is 1.00. The second-order valence-corrected chi connectivity index (χ2v) is 2.33. The molecule has 1 atom stereocenters. The third-order valence-corrected chi connectivity index (χ3v) is 1.00. The van der Waals surface area contributed by atoms with E-state index >= 15 is 0 Å². The van der Waals surface area contributed by atoms with Crippen LogP contribution in [0.4, 0.5) is 0 Å². The molecule has 0 aromatic rings. The summed E-state index contributed by atoms with van der Waals surface area (Å²) in [4.78, 5) is 0. The van der Waals surface area contributed by atoms with E-state index in [9.17, 15) is 0 Å². The highest BCUT2D eigenvalue weighted by Crippen LogP contribution is 1.92. The Hall–Kier alpha value is -0.440. The van der Waals surface area contributed by atoms with Crippen molar-refractivity contribution < 1.29 is 0 Å². The number of rotatable bonds is 2. The molecule has 0 rings (SSSR count). The van der Waals surface area contributed by atoms with Gasteiger partial charge in [0, 0.05) is 12.3 Å². The summed E-state index contributed by atoms with van der Waals surface area (Å²) in [5, 5.41) is 0. The zero-order valence-electron chi connectivity index (χ0n) is 6.41. The molecule has 1 radical (unpaired) electrons. The molecule has 0 saturated carbocycles. The van der Waals surface area contributed by atoms with Crippen molar-refractivity contribution in [1.29, 1.82) is 0 Å². The van der Waals surface area contributed by atoms with Crippen LogP contribution >= 0.6 is 0 Å². The predicted octanol–water partition coefficient (Wildman–Crippen LogP) is 2.65. The highest BCUT2D eigenvalue weighted by molar-refractivity contribution is 5.02. The Kier molecular flexibility index (Phi) is 5.41. The van der Waals surface area contributed by atoms with E-state index in [0.29, 0.717) is 5.92 Å². The fourth-order valence-electron chi connectivity index (χ4n) is 0.512. The van der Waals surface area contributed by atoms with Gasteiger partial charge in [0.1, 0.15) is 0 Å². The molecule has 0 aromatic heterocycles. The van der Waals surface area contributed by atoms with E-state index in [1.54, 1.807) is 0 Å². The lowest BCUT2D eigenvalue weighted by Gasteiger charge is -1.87. The van der Waals surface area contributed by atoms with Crippen molar-refractivity contribution in [2.45, 2.75) is 33.1 Å². The van der Waals surface area contributed by atoms with E-state index in [-0.39, 0.29) is 0 Å². The Morgan fingerprint density at radius 2 is 2.22 bits per heavy atom. The van der Waals surface area contributed by atoms with Gasteiger partial charge in [-0.1, -0.05) is 20.3 Å². The first-order valence-corrected chi connectivity index (χ1v) is 3.58. The zero-order chi connectivity index (χ0) is 7.11. The van der Waals surface area contributed by atoms with E-state index < -0.39 is 0 Å². The molecule has 0 N–H and O–H groups in total. The van der Waals surface area contributed by atoms with Crippen LogP contribution in [0, 0.1) is 24.7 Å². The normalized spacial score (nSPS) is 8.89. The topological polar surface area (TPSA) is 0 Å². The van der Waals surface area contributed by atoms with Crippen molar-refractivity contribution in [2.75, 3.05) is 0 Å². The fourth-order valence-corrected chi connectivity index (χ4v) is 0.512. The lowest BCUT2D eigenvalue weighted by molar-refractivity contribution is 0.825. The summed E-state index contributed by atoms with van der Waals surface area (Å²) >= 11 is 0. The Morgan fingerprint density at radius 3 is 2.67 bits per heavy atom. The van der Waals surface area contributed by atoms with Gasteiger partial charge in [0.15, 0.2) is 0 Å². The number of hydrogen-bond donors (Lipinski definition) is 0. The summed E-state index contributed by atoms with van der Waals surface area (Å²) in [7, 11) is 0. The van der Waals surface area contributed by atoms with E-state index in [4.69, 9.17) is 0 Å². The van der Waals surface area contributed by atoms with Crippen molar-refractivity contribution in [3.05, 3.63) is 6.92 Å². The van der Waals surface area contributed by atoms with Gasteiger partial charge < -0.3 is 0 Å². The first-order valence-electron chi connectivity index (χ1n) is 3.58. The summed E-state index contributed by atoms with van der Waals surface area (Å²) in [5.74, 6) is 6.39. The molecule has 0 heteroatoms. The number of hydrogen-bond acceptors (Lipinski definition) is 0. The minimum absolute atomic E-state index is 0.293. The second kappa shape index (κ2) is 5.69. The van der Waals surface area contributed by atoms with Crippen molar-refractivity contribution >= 4 is 0 Å². The molecular weight excluding hydrogens is 108 g/mol. The second-order valence-electron chi connectivity index (χ2n) is 2.33. The van der Waals surface area contributed by atoms with Gasteiger partial charge >= 0.3 is 0 Å². The Labute approximate surface area is 58.7 Å². The lowest BCUT2D eigenvalue weighted by atomic mass is 10.2. The van der Waals surface area contributed by atoms with Crippen molar-refractivity contribution in [3.63, 3.8) is 0 Å². The first kappa shape index (κ1) is 8.56. The van der Waals surface area contributed by atoms with Gasteiger partial charge in [-0.15, -0.1) is 11.8 Å². The van der Waals surface area contributed by atoms with Gasteiger partial charge in [-0.3, -0.25) is 0 Å². The van der Waals surface area contributed by atoms with Gasteiger partial charge in [-0.2, -0.15) is 0 Å². The summed E-state index contributed by atoms with van der Waals surface area (Å²) in [6.45, 7) is 7.95. The summed E-state index contributed by atoms with van der Waals surface area (Å²) in [5.41, 5.74) is 0. The van der Waals surface area contributed by atoms with Gasteiger partial charge in [-0.05, 0) is 13.3 Å². The maximum Gasteiger partial charge on any atom is 0.0175 e. The molecule has 0 saturated heterocycles. The van der Waals surface area contributed by atoms with Crippen molar-refractivity contribution in [1.82, 2.24) is 0 Å². The molecule has 0 aromatic carbocycles. The van der Waals surface area contributed by atoms with Gasteiger partial charge in [0.25, 0.3) is 0 Å². The molecule has 9 heavy (non-hydrogen) atoms. The highest BCUT2D eigenvalue weighted by atomic mass is 13.8. The van der Waals surface area contributed by atoms with Crippen LogP contribution in [0.1, 0.15) is 33.1 Å². The molecule has 0 aliphatic heterocycles. The van der Waals surface area contributed by atoms with Crippen LogP contribution in [0.5, 0.6) is 0 Å². The Balaban J connectivity index is 3.16. The maximum absolute atomic E-state index is 3.76. The maximum atomic E-state index is 3.76. The minimum Gasteiger partial charge on any atom is -0.103 e. The van der Waals surface area contributed by atoms with E-state index in [2.05, 4.69) is 25.7 Å². The predicted molar refractivity (Wildman–Crippen MR) is 41.8 cm³/mol. The Morgan fingerprint density at radius 1 is 1.56 bits per heavy atom. The zero-order valence-corrected chi connectivity index (χ0v) is 6.41. The molecule has 0 amide bonds. The molecule has 51 valence electrons. The Bertz CT molecular complexity index is 101. The van der Waals surface area contributed by atoms with Gasteiger partial charge in [0.05, 0.1) is 0 Å². The van der Waals surface area contributed by atoms with Crippen LogP contribution < -0.4 is 0 Å². The van der Waals surface area contributed by atoms with Crippen LogP contribution in [0.2, 0.25) is 0 Å². The monoisotopic (exact) mass is 123 g/mol. The number of unbranched alkanes of at least 4 members (excludes halogenated alkanes) is 2. The first-order chi connectivity index (χ1) is 4.27. The average Bonchev–Trinajstić information content (AvgIpc) is 1.80. The summed E-state index contributed by atoms with van der Waals surface area (Å²) in [6.07, 6.45) is 3.50. The van der Waals surface area contributed by atoms with Crippen LogP contribution in [0.15, 0.2) is 0 Å². The van der Waals surface area contributed by atoms with Gasteiger partial charge in [-0.25, -0.2) is 0 Å². The lowest BCUT2D eigenvalue weighted by Crippen LogP contribution is -1.78. The van der Waals surface area contributed by atoms with Crippen LogP contribution in [0.25, 0.3) is 0 Å². The quantitative estimate of drug-likeness (QED) is 0.391. The molecule has 0 heterocycles. The molecular formula is C9H15. The average molecular weight is 123 g/mol. The SMILES string of the molecule is [CH2]C(C)C#CCCCC. The van der Waals surface area contributed by atoms with Crippen LogP contribution in [-0.2, 0) is 0 Å². The highest BCUT2D eigenvalue weighted by Gasteiger charge is 1.80. The van der Waals surface area contributed by atoms with E-state index in [0.717, 1.165) is 6.42 Å². The van der Waals surface area contributed by atoms with Crippen LogP contribution in [-0.4, -0.2) is 0 Å². The van der Waals surface area contributed by atoms with Crippen LogP contribution in [0.3, 0.4) is 0 Å². The van der Waals surface area contributed by atoms with E-state index in [1.165, 1.54) is 12.8 Å². The smallest absolute Gasteiger partial charge is 0.0175 e. The molecule has 0 nitrogen and oxygen atoms in total. The molecule has 1 unspecified atom stereocenters. The van der Waals surface area contributed by atoms with E-state index in [1.807, 2.05) is 6.92 Å². The summed E-state index contributed by atoms with van der Waals surface area (Å²) in [6, 6.07) is 0. The molecule has 0 aliphatic carbocycles. The largest absolute Gasteiger partial charge is 0.103 e. The fraction of sp³-hybridized carbons (Fsp3) is 0.667. The third kappa shape index (κ3) is 7.56. The van der Waals surface area contributed by atoms with Gasteiger partial charge in [0.2, 0.25) is 0 Å². The standard InChI is InChI=1S/C9H15/c1-4-5-6-7-8-9(2)3/h9H,2,4-6H2,1,3H3. The van der Waals surface area contributed by atoms with Crippen molar-refractivity contribution in [2.24, 2.45) is 5.92 Å². The molecule has 0 fully saturated rings. The molecule has 0 spiro atoms. The molecule has 0 aliphatic rings. The minimum atomic E-state index is 0.293. The van der Waals surface area contributed by atoms with Crippen molar-refractivity contribution in [3.8, 4) is 11.8 Å². The summed E-state index contributed by atoms with van der Waals surface area (Å²) < 4.78 is 0. The molecule has 0 bridgehead atoms.